The fourth-order valence-corrected chi connectivity index (χ4v) is 5.49. The number of rotatable bonds is 5. The predicted molar refractivity (Wildman–Crippen MR) is 123 cm³/mol. The summed E-state index contributed by atoms with van der Waals surface area (Å²) in [6.07, 6.45) is -11.5. The SMILES string of the molecule is C[C@@H](O[C@H]1CN2C(=O)CC(C(C)(C)O)CC2[C@@H]1c1ccc(F)cc1)c1cc(C(F)(F)F)cc(C(F)(F)F)c1. The molecule has 2 saturated heterocycles. The van der Waals surface area contributed by atoms with Gasteiger partial charge in [-0.2, -0.15) is 26.3 Å². The Hall–Kier alpha value is -2.66. The standard InChI is InChI=1S/C27H28F7NO3/c1-14(16-8-18(26(29,30)31)10-19(9-16)27(32,33)34)38-22-13-35-21(11-17(12-23(35)36)25(2,3)37)24(22)15-4-6-20(28)7-5-15/h4-10,14,17,21-22,24,37H,11-13H2,1-3H3/t14-,17?,21?,22+,24+/m1/s1. The van der Waals surface area contributed by atoms with Crippen LogP contribution in [0.4, 0.5) is 30.7 Å². The van der Waals surface area contributed by atoms with Crippen molar-refractivity contribution in [2.75, 3.05) is 6.54 Å². The van der Waals surface area contributed by atoms with Gasteiger partial charge in [-0.05, 0) is 74.6 Å². The van der Waals surface area contributed by atoms with E-state index >= 15 is 0 Å². The van der Waals surface area contributed by atoms with Crippen LogP contribution in [0.1, 0.15) is 67.9 Å². The van der Waals surface area contributed by atoms with Crippen LogP contribution in [0, 0.1) is 11.7 Å². The molecular weight excluding hydrogens is 519 g/mol. The number of fused-ring (bicyclic) bond motifs is 1. The number of alkyl halides is 6. The van der Waals surface area contributed by atoms with Crippen LogP contribution < -0.4 is 0 Å². The molecule has 5 atom stereocenters. The Bertz CT molecular complexity index is 1140. The quantitative estimate of drug-likeness (QED) is 0.436. The topological polar surface area (TPSA) is 49.8 Å². The molecule has 2 fully saturated rings. The zero-order valence-electron chi connectivity index (χ0n) is 20.9. The number of benzene rings is 2. The highest BCUT2D eigenvalue weighted by Crippen LogP contribution is 2.46. The molecule has 38 heavy (non-hydrogen) atoms. The van der Waals surface area contributed by atoms with Gasteiger partial charge in [0.2, 0.25) is 5.91 Å². The van der Waals surface area contributed by atoms with Crippen LogP contribution in [0.5, 0.6) is 0 Å². The normalized spacial score (nSPS) is 25.4. The summed E-state index contributed by atoms with van der Waals surface area (Å²) in [6, 6.07) is 6.38. The minimum atomic E-state index is -5.00. The molecule has 2 heterocycles. The van der Waals surface area contributed by atoms with E-state index in [2.05, 4.69) is 0 Å². The molecule has 208 valence electrons. The summed E-state index contributed by atoms with van der Waals surface area (Å²) in [5.74, 6) is -1.65. The molecule has 0 radical (unpaired) electrons. The van der Waals surface area contributed by atoms with Crippen molar-refractivity contribution in [2.45, 2.75) is 75.7 Å². The number of hydrogen-bond donors (Lipinski definition) is 1. The molecule has 0 aromatic heterocycles. The fourth-order valence-electron chi connectivity index (χ4n) is 5.49. The molecule has 2 aliphatic rings. The molecule has 1 amide bonds. The lowest BCUT2D eigenvalue weighted by molar-refractivity contribution is -0.144. The van der Waals surface area contributed by atoms with Gasteiger partial charge in [0.25, 0.3) is 0 Å². The van der Waals surface area contributed by atoms with Crippen LogP contribution in [0.2, 0.25) is 0 Å². The Morgan fingerprint density at radius 3 is 2.03 bits per heavy atom. The molecule has 0 spiro atoms. The number of halogens is 7. The van der Waals surface area contributed by atoms with Crippen molar-refractivity contribution in [3.63, 3.8) is 0 Å². The summed E-state index contributed by atoms with van der Waals surface area (Å²) in [5.41, 5.74) is -3.75. The summed E-state index contributed by atoms with van der Waals surface area (Å²) >= 11 is 0. The number of hydrogen-bond acceptors (Lipinski definition) is 3. The van der Waals surface area contributed by atoms with E-state index in [1.807, 2.05) is 0 Å². The molecule has 2 aliphatic heterocycles. The maximum absolute atomic E-state index is 13.7. The maximum Gasteiger partial charge on any atom is 0.416 e. The second kappa shape index (κ2) is 9.82. The summed E-state index contributed by atoms with van der Waals surface area (Å²) in [6.45, 7) is 4.62. The molecule has 0 aliphatic carbocycles. The average Bonchev–Trinajstić information content (AvgIpc) is 3.16. The first kappa shape index (κ1) is 28.4. The van der Waals surface area contributed by atoms with E-state index in [1.165, 1.54) is 31.2 Å². The Balaban J connectivity index is 1.70. The minimum absolute atomic E-state index is 0.0551. The number of piperidine rings is 1. The summed E-state index contributed by atoms with van der Waals surface area (Å²) in [7, 11) is 0. The van der Waals surface area contributed by atoms with Gasteiger partial charge in [-0.25, -0.2) is 4.39 Å². The van der Waals surface area contributed by atoms with Crippen LogP contribution in [-0.2, 0) is 21.9 Å². The molecular formula is C27H28F7NO3. The van der Waals surface area contributed by atoms with E-state index in [-0.39, 0.29) is 36.4 Å². The van der Waals surface area contributed by atoms with Crippen LogP contribution >= 0.6 is 0 Å². The lowest BCUT2D eigenvalue weighted by Crippen LogP contribution is -2.49. The predicted octanol–water partition coefficient (Wildman–Crippen LogP) is 6.49. The van der Waals surface area contributed by atoms with Crippen molar-refractivity contribution in [3.05, 3.63) is 70.5 Å². The molecule has 4 nitrogen and oxygen atoms in total. The summed E-state index contributed by atoms with van der Waals surface area (Å²) in [4.78, 5) is 14.6. The van der Waals surface area contributed by atoms with Crippen LogP contribution in [0.25, 0.3) is 0 Å². The molecule has 0 bridgehead atoms. The first-order chi connectivity index (χ1) is 17.4. The molecule has 2 aromatic carbocycles. The summed E-state index contributed by atoms with van der Waals surface area (Å²) in [5, 5.41) is 10.6. The molecule has 2 aromatic rings. The zero-order valence-corrected chi connectivity index (χ0v) is 20.9. The van der Waals surface area contributed by atoms with Crippen molar-refractivity contribution >= 4 is 5.91 Å². The molecule has 0 saturated carbocycles. The first-order valence-corrected chi connectivity index (χ1v) is 12.2. The minimum Gasteiger partial charge on any atom is -0.390 e. The third-order valence-corrected chi connectivity index (χ3v) is 7.57. The molecule has 4 rings (SSSR count). The van der Waals surface area contributed by atoms with Gasteiger partial charge in [-0.1, -0.05) is 12.1 Å². The van der Waals surface area contributed by atoms with Crippen molar-refractivity contribution in [1.82, 2.24) is 4.90 Å². The van der Waals surface area contributed by atoms with Gasteiger partial charge in [0, 0.05) is 24.9 Å². The largest absolute Gasteiger partial charge is 0.416 e. The second-order valence-electron chi connectivity index (χ2n) is 10.6. The molecule has 1 N–H and O–H groups in total. The maximum atomic E-state index is 13.7. The van der Waals surface area contributed by atoms with Crippen molar-refractivity contribution in [2.24, 2.45) is 5.92 Å². The number of carbonyl (C=O) groups excluding carboxylic acids is 1. The van der Waals surface area contributed by atoms with Gasteiger partial charge in [-0.3, -0.25) is 4.79 Å². The Morgan fingerprint density at radius 2 is 1.53 bits per heavy atom. The number of nitrogens with zero attached hydrogens (tertiary/aromatic N) is 1. The summed E-state index contributed by atoms with van der Waals surface area (Å²) < 4.78 is 100. The third kappa shape index (κ3) is 5.83. The van der Waals surface area contributed by atoms with Gasteiger partial charge in [0.1, 0.15) is 5.82 Å². The Morgan fingerprint density at radius 1 is 0.974 bits per heavy atom. The third-order valence-electron chi connectivity index (χ3n) is 7.57. The van der Waals surface area contributed by atoms with E-state index in [9.17, 15) is 40.6 Å². The number of ether oxygens (including phenoxy) is 1. The van der Waals surface area contributed by atoms with Crippen molar-refractivity contribution in [1.29, 1.82) is 0 Å². The fraction of sp³-hybridized carbons (Fsp3) is 0.519. The van der Waals surface area contributed by atoms with Crippen molar-refractivity contribution < 1.29 is 45.4 Å². The number of amides is 1. The highest BCUT2D eigenvalue weighted by Gasteiger charge is 2.51. The highest BCUT2D eigenvalue weighted by molar-refractivity contribution is 5.78. The van der Waals surface area contributed by atoms with Crippen molar-refractivity contribution in [3.8, 4) is 0 Å². The Labute approximate surface area is 215 Å². The lowest BCUT2D eigenvalue weighted by Gasteiger charge is -2.41. The van der Waals surface area contributed by atoms with Gasteiger partial charge in [0.15, 0.2) is 0 Å². The highest BCUT2D eigenvalue weighted by atomic mass is 19.4. The Kier molecular flexibility index (Phi) is 7.33. The van der Waals surface area contributed by atoms with Crippen LogP contribution in [0.3, 0.4) is 0 Å². The van der Waals surface area contributed by atoms with E-state index in [0.717, 1.165) is 0 Å². The van der Waals surface area contributed by atoms with Gasteiger partial charge in [0.05, 0.1) is 28.9 Å². The van der Waals surface area contributed by atoms with Crippen LogP contribution in [-0.4, -0.2) is 40.2 Å². The van der Waals surface area contributed by atoms with E-state index < -0.39 is 59.1 Å². The van der Waals surface area contributed by atoms with Gasteiger partial charge < -0.3 is 14.7 Å². The van der Waals surface area contributed by atoms with Crippen LogP contribution in [0.15, 0.2) is 42.5 Å². The second-order valence-corrected chi connectivity index (χ2v) is 10.6. The number of aliphatic hydroxyl groups is 1. The smallest absolute Gasteiger partial charge is 0.390 e. The number of carbonyl (C=O) groups is 1. The molecule has 2 unspecified atom stereocenters. The monoisotopic (exact) mass is 547 g/mol. The molecule has 11 heteroatoms. The lowest BCUT2D eigenvalue weighted by atomic mass is 9.76. The first-order valence-electron chi connectivity index (χ1n) is 12.2. The van der Waals surface area contributed by atoms with E-state index in [0.29, 0.717) is 24.1 Å². The van der Waals surface area contributed by atoms with Gasteiger partial charge in [-0.15, -0.1) is 0 Å². The van der Waals surface area contributed by atoms with E-state index in [1.54, 1.807) is 18.7 Å². The zero-order chi connectivity index (χ0) is 28.2. The van der Waals surface area contributed by atoms with E-state index in [4.69, 9.17) is 4.74 Å². The van der Waals surface area contributed by atoms with Gasteiger partial charge >= 0.3 is 12.4 Å². The average molecular weight is 548 g/mol.